The van der Waals surface area contributed by atoms with Crippen molar-refractivity contribution in [1.82, 2.24) is 25.2 Å². The minimum Gasteiger partial charge on any atom is -0.393 e. The Kier molecular flexibility index (Phi) is 7.91. The van der Waals surface area contributed by atoms with E-state index in [1.165, 1.54) is 6.20 Å². The number of halogens is 1. The zero-order valence-electron chi connectivity index (χ0n) is 23.1. The third-order valence-electron chi connectivity index (χ3n) is 7.56. The van der Waals surface area contributed by atoms with Crippen molar-refractivity contribution in [2.24, 2.45) is 0 Å². The lowest BCUT2D eigenvalue weighted by atomic mass is 10.0. The Morgan fingerprint density at radius 2 is 1.98 bits per heavy atom. The van der Waals surface area contributed by atoms with Gasteiger partial charge in [-0.15, -0.1) is 0 Å². The smallest absolute Gasteiger partial charge is 0.255 e. The Bertz CT molecular complexity index is 1430. The van der Waals surface area contributed by atoms with Crippen molar-refractivity contribution in [3.63, 3.8) is 0 Å². The predicted octanol–water partition coefficient (Wildman–Crippen LogP) is 3.81. The molecule has 0 spiro atoms. The molecule has 3 aromatic rings. The molecule has 1 aliphatic heterocycles. The molecule has 10 nitrogen and oxygen atoms in total. The SMILES string of the molecule is C[C@H](C(=O)N[C@H](C)c1cccc(N(C)C)n1)N1Cc2ccc(-c3nc(N[C@@H]4CC[C@@H](O)C4)ncc3Cl)cc2C1=O. The molecule has 1 fully saturated rings. The largest absolute Gasteiger partial charge is 0.393 e. The van der Waals surface area contributed by atoms with Gasteiger partial charge in [0.1, 0.15) is 11.9 Å². The Morgan fingerprint density at radius 1 is 1.18 bits per heavy atom. The quantitative estimate of drug-likeness (QED) is 0.378. The number of carbonyl (C=O) groups excluding carboxylic acids is 2. The molecule has 5 rings (SSSR count). The second-order valence-corrected chi connectivity index (χ2v) is 11.1. The minimum atomic E-state index is -0.678. The molecular formula is C29H34ClN7O3. The van der Waals surface area contributed by atoms with E-state index >= 15 is 0 Å². The molecule has 4 atom stereocenters. The molecule has 3 N–H and O–H groups in total. The van der Waals surface area contributed by atoms with Crippen molar-refractivity contribution in [2.75, 3.05) is 24.3 Å². The number of nitrogens with one attached hydrogen (secondary N) is 2. The zero-order chi connectivity index (χ0) is 28.6. The number of amides is 2. The zero-order valence-corrected chi connectivity index (χ0v) is 23.8. The average Bonchev–Trinajstić information content (AvgIpc) is 3.50. The highest BCUT2D eigenvalue weighted by Gasteiger charge is 2.35. The van der Waals surface area contributed by atoms with Crippen molar-refractivity contribution < 1.29 is 14.7 Å². The fraction of sp³-hybridized carbons (Fsp3) is 0.414. The van der Waals surface area contributed by atoms with E-state index in [0.29, 0.717) is 40.8 Å². The summed E-state index contributed by atoms with van der Waals surface area (Å²) in [5.74, 6) is 0.759. The van der Waals surface area contributed by atoms with Crippen LogP contribution in [0.25, 0.3) is 11.3 Å². The van der Waals surface area contributed by atoms with Gasteiger partial charge in [-0.05, 0) is 56.9 Å². The van der Waals surface area contributed by atoms with Crippen molar-refractivity contribution in [1.29, 1.82) is 0 Å². The van der Waals surface area contributed by atoms with E-state index in [2.05, 4.69) is 25.6 Å². The summed E-state index contributed by atoms with van der Waals surface area (Å²) in [6, 6.07) is 10.3. The fourth-order valence-electron chi connectivity index (χ4n) is 5.17. The number of hydrogen-bond donors (Lipinski definition) is 3. The van der Waals surface area contributed by atoms with Gasteiger partial charge < -0.3 is 25.5 Å². The first-order chi connectivity index (χ1) is 19.1. The number of aliphatic hydroxyl groups excluding tert-OH is 1. The Balaban J connectivity index is 1.29. The number of anilines is 2. The van der Waals surface area contributed by atoms with Crippen molar-refractivity contribution >= 4 is 35.2 Å². The standard InChI is InChI=1S/C29H34ClN7O3/c1-16(24-6-5-7-25(34-24)36(3)4)32-27(39)17(2)37-15-19-9-8-18(12-22(19)28(37)40)26-23(30)14-31-29(35-26)33-20-10-11-21(38)13-20/h5-9,12,14,16-17,20-21,38H,10-11,13,15H2,1-4H3,(H,32,39)(H,31,33,35)/t16-,17-,20-,21-/m1/s1. The van der Waals surface area contributed by atoms with Crippen LogP contribution in [0.15, 0.2) is 42.6 Å². The molecule has 2 aromatic heterocycles. The lowest BCUT2D eigenvalue weighted by Crippen LogP contribution is -2.46. The molecule has 0 unspecified atom stereocenters. The summed E-state index contributed by atoms with van der Waals surface area (Å²) in [6.45, 7) is 3.94. The molecule has 1 saturated carbocycles. The van der Waals surface area contributed by atoms with Crippen LogP contribution in [0.1, 0.15) is 60.8 Å². The average molecular weight is 564 g/mol. The molecule has 1 aliphatic carbocycles. The van der Waals surface area contributed by atoms with Crippen LogP contribution < -0.4 is 15.5 Å². The van der Waals surface area contributed by atoms with E-state index in [4.69, 9.17) is 11.6 Å². The summed E-state index contributed by atoms with van der Waals surface area (Å²) < 4.78 is 0. The highest BCUT2D eigenvalue weighted by Crippen LogP contribution is 2.33. The van der Waals surface area contributed by atoms with E-state index < -0.39 is 6.04 Å². The van der Waals surface area contributed by atoms with Crippen molar-refractivity contribution in [3.05, 3.63) is 64.4 Å². The number of aromatic nitrogens is 3. The van der Waals surface area contributed by atoms with Gasteiger partial charge in [-0.1, -0.05) is 29.8 Å². The maximum absolute atomic E-state index is 13.4. The highest BCUT2D eigenvalue weighted by atomic mass is 35.5. The number of carbonyl (C=O) groups is 2. The van der Waals surface area contributed by atoms with Gasteiger partial charge in [0.15, 0.2) is 0 Å². The first-order valence-electron chi connectivity index (χ1n) is 13.5. The monoisotopic (exact) mass is 563 g/mol. The van der Waals surface area contributed by atoms with Crippen LogP contribution in [0.2, 0.25) is 5.02 Å². The van der Waals surface area contributed by atoms with E-state index in [1.807, 2.05) is 56.3 Å². The molecule has 210 valence electrons. The Morgan fingerprint density at radius 3 is 2.70 bits per heavy atom. The van der Waals surface area contributed by atoms with Gasteiger partial charge in [0.2, 0.25) is 11.9 Å². The second kappa shape index (κ2) is 11.4. The summed E-state index contributed by atoms with van der Waals surface area (Å²) >= 11 is 6.46. The van der Waals surface area contributed by atoms with Crippen LogP contribution in [0.4, 0.5) is 11.8 Å². The lowest BCUT2D eigenvalue weighted by Gasteiger charge is -2.25. The van der Waals surface area contributed by atoms with Crippen LogP contribution >= 0.6 is 11.6 Å². The minimum absolute atomic E-state index is 0.0993. The van der Waals surface area contributed by atoms with Crippen LogP contribution in [0.3, 0.4) is 0 Å². The van der Waals surface area contributed by atoms with Gasteiger partial charge in [-0.2, -0.15) is 0 Å². The fourth-order valence-corrected chi connectivity index (χ4v) is 5.37. The molecule has 0 bridgehead atoms. The van der Waals surface area contributed by atoms with Crippen LogP contribution in [0.5, 0.6) is 0 Å². The summed E-state index contributed by atoms with van der Waals surface area (Å²) in [5.41, 5.74) is 3.30. The van der Waals surface area contributed by atoms with E-state index in [-0.39, 0.29) is 30.0 Å². The van der Waals surface area contributed by atoms with Crippen molar-refractivity contribution in [3.8, 4) is 11.3 Å². The molecule has 11 heteroatoms. The van der Waals surface area contributed by atoms with Crippen LogP contribution in [-0.4, -0.2) is 69.1 Å². The first-order valence-corrected chi connectivity index (χ1v) is 13.8. The lowest BCUT2D eigenvalue weighted by molar-refractivity contribution is -0.125. The van der Waals surface area contributed by atoms with Gasteiger partial charge in [0.05, 0.1) is 34.8 Å². The normalized spacial score (nSPS) is 19.8. The van der Waals surface area contributed by atoms with Gasteiger partial charge in [-0.25, -0.2) is 15.0 Å². The predicted molar refractivity (Wildman–Crippen MR) is 154 cm³/mol. The molecule has 40 heavy (non-hydrogen) atoms. The third-order valence-corrected chi connectivity index (χ3v) is 7.84. The molecule has 0 radical (unpaired) electrons. The van der Waals surface area contributed by atoms with E-state index in [9.17, 15) is 14.7 Å². The highest BCUT2D eigenvalue weighted by molar-refractivity contribution is 6.33. The summed E-state index contributed by atoms with van der Waals surface area (Å²) in [6.07, 6.45) is 3.46. The van der Waals surface area contributed by atoms with Crippen molar-refractivity contribution in [2.45, 2.75) is 63.9 Å². The first kappa shape index (κ1) is 27.8. The number of pyridine rings is 1. The molecule has 2 amide bonds. The molecular weight excluding hydrogens is 530 g/mol. The van der Waals surface area contributed by atoms with Crippen LogP contribution in [0, 0.1) is 0 Å². The van der Waals surface area contributed by atoms with Gasteiger partial charge in [-0.3, -0.25) is 9.59 Å². The number of aliphatic hydroxyl groups is 1. The topological polar surface area (TPSA) is 124 Å². The number of hydrogen-bond acceptors (Lipinski definition) is 8. The second-order valence-electron chi connectivity index (χ2n) is 10.7. The molecule has 0 saturated heterocycles. The Hall–Kier alpha value is -3.76. The van der Waals surface area contributed by atoms with Crippen LogP contribution in [-0.2, 0) is 11.3 Å². The van der Waals surface area contributed by atoms with Gasteiger partial charge in [0, 0.05) is 37.8 Å². The number of benzene rings is 1. The number of fused-ring (bicyclic) bond motifs is 1. The maximum atomic E-state index is 13.4. The summed E-state index contributed by atoms with van der Waals surface area (Å²) in [5, 5.41) is 16.5. The summed E-state index contributed by atoms with van der Waals surface area (Å²) in [4.78, 5) is 43.6. The van der Waals surface area contributed by atoms with E-state index in [1.54, 1.807) is 17.9 Å². The van der Waals surface area contributed by atoms with Gasteiger partial charge >= 0.3 is 0 Å². The van der Waals surface area contributed by atoms with E-state index in [0.717, 1.165) is 29.9 Å². The number of nitrogens with zero attached hydrogens (tertiary/aromatic N) is 5. The molecule has 2 aliphatic rings. The number of rotatable bonds is 8. The summed E-state index contributed by atoms with van der Waals surface area (Å²) in [7, 11) is 3.83. The third kappa shape index (κ3) is 5.73. The maximum Gasteiger partial charge on any atom is 0.255 e. The molecule has 3 heterocycles. The Labute approximate surface area is 238 Å². The van der Waals surface area contributed by atoms with Gasteiger partial charge in [0.25, 0.3) is 5.91 Å². The molecule has 1 aromatic carbocycles.